The zero-order chi connectivity index (χ0) is 12.6. The summed E-state index contributed by atoms with van der Waals surface area (Å²) in [5, 5.41) is 3.51. The number of nitrogens with one attached hydrogen (secondary N) is 1. The predicted molar refractivity (Wildman–Crippen MR) is 54.7 cm³/mol. The van der Waals surface area contributed by atoms with Gasteiger partial charge in [-0.25, -0.2) is 9.67 Å². The Morgan fingerprint density at radius 3 is 2.71 bits per heavy atom. The minimum atomic E-state index is -4.48. The van der Waals surface area contributed by atoms with Crippen LogP contribution in [0.1, 0.15) is 5.56 Å². The van der Waals surface area contributed by atoms with E-state index in [4.69, 9.17) is 0 Å². The standard InChI is InChI=1S/C8H4BrF3N4O/c9-5-6(13-3-14-7(5)17)16-2-4(1-15-16)8(10,11)12/h1-3H,(H,13,14,17). The van der Waals surface area contributed by atoms with E-state index < -0.39 is 17.3 Å². The van der Waals surface area contributed by atoms with Crippen LogP contribution in [0.25, 0.3) is 5.82 Å². The van der Waals surface area contributed by atoms with Gasteiger partial charge in [-0.2, -0.15) is 18.3 Å². The number of hydrogen-bond acceptors (Lipinski definition) is 3. The molecule has 1 N–H and O–H groups in total. The highest BCUT2D eigenvalue weighted by atomic mass is 79.9. The summed E-state index contributed by atoms with van der Waals surface area (Å²) in [7, 11) is 0. The molecule has 2 rings (SSSR count). The van der Waals surface area contributed by atoms with Crippen LogP contribution in [0.15, 0.2) is 28.0 Å². The molecule has 2 aromatic heterocycles. The summed E-state index contributed by atoms with van der Waals surface area (Å²) in [5.41, 5.74) is -1.41. The van der Waals surface area contributed by atoms with Crippen LogP contribution in [0.2, 0.25) is 0 Å². The lowest BCUT2D eigenvalue weighted by Gasteiger charge is -2.02. The molecule has 0 amide bonds. The Labute approximate surface area is 100 Å². The Hall–Kier alpha value is -1.64. The van der Waals surface area contributed by atoms with Crippen LogP contribution in [-0.2, 0) is 6.18 Å². The number of hydrogen-bond donors (Lipinski definition) is 1. The quantitative estimate of drug-likeness (QED) is 0.873. The fourth-order valence-corrected chi connectivity index (χ4v) is 1.52. The van der Waals surface area contributed by atoms with Gasteiger partial charge in [-0.15, -0.1) is 0 Å². The van der Waals surface area contributed by atoms with Gasteiger partial charge in [0.25, 0.3) is 5.56 Å². The van der Waals surface area contributed by atoms with Crippen molar-refractivity contribution in [2.45, 2.75) is 6.18 Å². The summed E-state index contributed by atoms with van der Waals surface area (Å²) in [6, 6.07) is 0. The SMILES string of the molecule is O=c1[nH]cnc(-n2cc(C(F)(F)F)cn2)c1Br. The predicted octanol–water partition coefficient (Wildman–Crippen LogP) is 1.74. The molecule has 0 fully saturated rings. The van der Waals surface area contributed by atoms with E-state index in [1.807, 2.05) is 0 Å². The lowest BCUT2D eigenvalue weighted by atomic mass is 10.4. The highest BCUT2D eigenvalue weighted by Crippen LogP contribution is 2.29. The Morgan fingerprint density at radius 1 is 1.41 bits per heavy atom. The number of nitrogens with zero attached hydrogens (tertiary/aromatic N) is 3. The molecular formula is C8H4BrF3N4O. The fourth-order valence-electron chi connectivity index (χ4n) is 1.12. The average molecular weight is 309 g/mol. The van der Waals surface area contributed by atoms with Gasteiger partial charge in [-0.3, -0.25) is 4.79 Å². The van der Waals surface area contributed by atoms with Crippen molar-refractivity contribution in [3.05, 3.63) is 39.1 Å². The second kappa shape index (κ2) is 3.99. The number of halogens is 4. The number of aromatic nitrogens is 4. The first-order chi connectivity index (χ1) is 7.89. The highest BCUT2D eigenvalue weighted by molar-refractivity contribution is 9.10. The van der Waals surface area contributed by atoms with E-state index in [9.17, 15) is 18.0 Å². The van der Waals surface area contributed by atoms with Crippen molar-refractivity contribution >= 4 is 15.9 Å². The smallest absolute Gasteiger partial charge is 0.312 e. The van der Waals surface area contributed by atoms with Gasteiger partial charge in [0.15, 0.2) is 5.82 Å². The lowest BCUT2D eigenvalue weighted by Crippen LogP contribution is -2.12. The number of aromatic amines is 1. The number of rotatable bonds is 1. The van der Waals surface area contributed by atoms with Crippen LogP contribution >= 0.6 is 15.9 Å². The van der Waals surface area contributed by atoms with Gasteiger partial charge < -0.3 is 4.98 Å². The normalized spacial score (nSPS) is 11.8. The molecule has 0 radical (unpaired) electrons. The van der Waals surface area contributed by atoms with Crippen molar-refractivity contribution < 1.29 is 13.2 Å². The van der Waals surface area contributed by atoms with E-state index in [2.05, 4.69) is 31.0 Å². The fraction of sp³-hybridized carbons (Fsp3) is 0.125. The van der Waals surface area contributed by atoms with Gasteiger partial charge in [0.1, 0.15) is 4.47 Å². The highest BCUT2D eigenvalue weighted by Gasteiger charge is 2.32. The third kappa shape index (κ3) is 2.23. The van der Waals surface area contributed by atoms with Gasteiger partial charge in [-0.1, -0.05) is 0 Å². The monoisotopic (exact) mass is 308 g/mol. The van der Waals surface area contributed by atoms with Crippen molar-refractivity contribution in [3.63, 3.8) is 0 Å². The second-order valence-electron chi connectivity index (χ2n) is 3.04. The van der Waals surface area contributed by atoms with Crippen LogP contribution < -0.4 is 5.56 Å². The van der Waals surface area contributed by atoms with Crippen LogP contribution in [0.3, 0.4) is 0 Å². The molecule has 0 bridgehead atoms. The summed E-state index contributed by atoms with van der Waals surface area (Å²) < 4.78 is 37.9. The summed E-state index contributed by atoms with van der Waals surface area (Å²) in [6.45, 7) is 0. The molecule has 0 aliphatic carbocycles. The molecule has 0 unspecified atom stereocenters. The van der Waals surface area contributed by atoms with Crippen molar-refractivity contribution in [3.8, 4) is 5.82 Å². The van der Waals surface area contributed by atoms with Crippen LogP contribution in [0.4, 0.5) is 13.2 Å². The molecule has 5 nitrogen and oxygen atoms in total. The molecule has 17 heavy (non-hydrogen) atoms. The minimum Gasteiger partial charge on any atom is -0.312 e. The van der Waals surface area contributed by atoms with E-state index in [0.29, 0.717) is 6.20 Å². The molecule has 0 saturated heterocycles. The van der Waals surface area contributed by atoms with Crippen molar-refractivity contribution in [2.24, 2.45) is 0 Å². The zero-order valence-corrected chi connectivity index (χ0v) is 9.58. The average Bonchev–Trinajstić information content (AvgIpc) is 2.70. The van der Waals surface area contributed by atoms with Gasteiger partial charge >= 0.3 is 6.18 Å². The molecule has 0 aliphatic rings. The van der Waals surface area contributed by atoms with E-state index in [0.717, 1.165) is 17.2 Å². The minimum absolute atomic E-state index is 0.00995. The third-order valence-electron chi connectivity index (χ3n) is 1.91. The molecule has 90 valence electrons. The van der Waals surface area contributed by atoms with Crippen molar-refractivity contribution in [1.29, 1.82) is 0 Å². The molecule has 0 spiro atoms. The topological polar surface area (TPSA) is 63.6 Å². The third-order valence-corrected chi connectivity index (χ3v) is 2.62. The van der Waals surface area contributed by atoms with Gasteiger partial charge in [-0.05, 0) is 15.9 Å². The summed E-state index contributed by atoms with van der Waals surface area (Å²) >= 11 is 2.93. The molecule has 0 aliphatic heterocycles. The Kier molecular flexibility index (Phi) is 2.77. The summed E-state index contributed by atoms with van der Waals surface area (Å²) in [5.74, 6) is -0.00995. The van der Waals surface area contributed by atoms with Gasteiger partial charge in [0.05, 0.1) is 18.1 Å². The van der Waals surface area contributed by atoms with E-state index in [1.165, 1.54) is 0 Å². The molecule has 2 heterocycles. The van der Waals surface area contributed by atoms with Crippen LogP contribution in [-0.4, -0.2) is 19.7 Å². The van der Waals surface area contributed by atoms with Crippen LogP contribution in [0, 0.1) is 0 Å². The Balaban J connectivity index is 2.52. The molecule has 0 saturated carbocycles. The Bertz CT molecular complexity index is 603. The Morgan fingerprint density at radius 2 is 2.12 bits per heavy atom. The number of alkyl halides is 3. The van der Waals surface area contributed by atoms with Gasteiger partial charge in [0.2, 0.25) is 0 Å². The van der Waals surface area contributed by atoms with Crippen LogP contribution in [0.5, 0.6) is 0 Å². The molecular weight excluding hydrogens is 305 g/mol. The van der Waals surface area contributed by atoms with E-state index in [-0.39, 0.29) is 10.3 Å². The molecule has 0 atom stereocenters. The largest absolute Gasteiger partial charge is 0.419 e. The molecule has 9 heteroatoms. The first-order valence-electron chi connectivity index (χ1n) is 4.25. The van der Waals surface area contributed by atoms with E-state index >= 15 is 0 Å². The number of H-pyrrole nitrogens is 1. The maximum Gasteiger partial charge on any atom is 0.419 e. The maximum absolute atomic E-state index is 12.3. The first kappa shape index (κ1) is 11.8. The maximum atomic E-state index is 12.3. The first-order valence-corrected chi connectivity index (χ1v) is 5.04. The summed E-state index contributed by atoms with van der Waals surface area (Å²) in [4.78, 5) is 17.2. The second-order valence-corrected chi connectivity index (χ2v) is 3.83. The molecule has 2 aromatic rings. The van der Waals surface area contributed by atoms with Crippen molar-refractivity contribution in [2.75, 3.05) is 0 Å². The molecule has 0 aromatic carbocycles. The zero-order valence-electron chi connectivity index (χ0n) is 7.99. The lowest BCUT2D eigenvalue weighted by molar-refractivity contribution is -0.137. The van der Waals surface area contributed by atoms with Gasteiger partial charge in [0, 0.05) is 6.20 Å². The summed E-state index contributed by atoms with van der Waals surface area (Å²) in [6.07, 6.45) is -1.98. The van der Waals surface area contributed by atoms with Crippen molar-refractivity contribution in [1.82, 2.24) is 19.7 Å². The van der Waals surface area contributed by atoms with E-state index in [1.54, 1.807) is 0 Å².